The van der Waals surface area contributed by atoms with Crippen molar-refractivity contribution in [2.24, 2.45) is 5.92 Å². The monoisotopic (exact) mass is 1060 g/mol. The Morgan fingerprint density at radius 2 is 1.62 bits per heavy atom. The van der Waals surface area contributed by atoms with Crippen molar-refractivity contribution in [1.82, 2.24) is 46.4 Å². The van der Waals surface area contributed by atoms with Crippen LogP contribution in [0.2, 0.25) is 0 Å². The van der Waals surface area contributed by atoms with E-state index in [0.29, 0.717) is 97.8 Å². The number of unbranched alkanes of at least 4 members (excludes halogenated alkanes) is 2. The van der Waals surface area contributed by atoms with Crippen molar-refractivity contribution in [3.63, 3.8) is 0 Å². The summed E-state index contributed by atoms with van der Waals surface area (Å²) in [6.45, 7) is 2.10. The maximum Gasteiger partial charge on any atom is 0.313 e. The predicted molar refractivity (Wildman–Crippen MR) is 274 cm³/mol. The van der Waals surface area contributed by atoms with Crippen LogP contribution in [0.25, 0.3) is 22.3 Å². The van der Waals surface area contributed by atoms with Gasteiger partial charge < -0.3 is 45.9 Å². The van der Waals surface area contributed by atoms with Gasteiger partial charge in [0.05, 0.1) is 60.6 Å². The van der Waals surface area contributed by atoms with Crippen molar-refractivity contribution in [2.75, 3.05) is 32.9 Å². The second-order valence-electron chi connectivity index (χ2n) is 20.3. The van der Waals surface area contributed by atoms with Gasteiger partial charge in [0.1, 0.15) is 30.8 Å². The zero-order chi connectivity index (χ0) is 54.5. The number of esters is 1. The number of carbonyl (C=O) groups excluding carboxylic acids is 9. The zero-order valence-corrected chi connectivity index (χ0v) is 43.0. The fraction of sp³-hybridized carbons (Fsp3) is 0.473. The van der Waals surface area contributed by atoms with Gasteiger partial charge in [-0.2, -0.15) is 0 Å². The number of imide groups is 1. The van der Waals surface area contributed by atoms with Gasteiger partial charge in [0.2, 0.25) is 29.5 Å². The molecule has 1 aromatic carbocycles. The minimum Gasteiger partial charge on any atom is -0.460 e. The molecule has 2 aromatic heterocycles. The summed E-state index contributed by atoms with van der Waals surface area (Å²) in [5, 5.41) is 16.7. The number of aromatic nitrogens is 2. The second-order valence-corrected chi connectivity index (χ2v) is 20.3. The van der Waals surface area contributed by atoms with Crippen LogP contribution in [0, 0.1) is 18.7 Å². The molecule has 1 fully saturated rings. The van der Waals surface area contributed by atoms with E-state index in [4.69, 9.17) is 14.5 Å². The summed E-state index contributed by atoms with van der Waals surface area (Å²) < 4.78 is 28.6. The number of nitrogens with zero attached hydrogens (tertiary/aromatic N) is 3. The van der Waals surface area contributed by atoms with E-state index in [1.807, 2.05) is 37.3 Å². The van der Waals surface area contributed by atoms with Crippen molar-refractivity contribution in [1.29, 1.82) is 0 Å². The van der Waals surface area contributed by atoms with Crippen molar-refractivity contribution in [3.8, 4) is 11.4 Å². The number of benzene rings is 1. The quantitative estimate of drug-likeness (QED) is 0.0286. The standard InChI is InChI=1S/C55H62FN9O12/c1-3-32-34-22-41-50-35(27-65(41)52(73)36(34)28-76-53(32)74)49-38(15-14-33-30(2)37(56)23-39(62-50)48(33)49)63-54(75)55(18-10-19-55)77-29-60-44(68)25-59-51(72)40(21-31-11-6-4-7-12-31)61-45(69)26-58-43(67)24-57-42(66)13-8-5-9-20-64-46(70)16-17-47(64)71/h4,6-7,11,16-17,22-23,31-32,38,40H,3,5,8-10,12-15,18-21,24-29H2,1-2H3,(H,57,66)(H,58,67)(H,59,72)(H,60,68)(H,61,69)(H,63,75)/t31?,32-,38+,40+/m1/s1. The summed E-state index contributed by atoms with van der Waals surface area (Å²) in [5.74, 6) is -5.65. The summed E-state index contributed by atoms with van der Waals surface area (Å²) in [6.07, 6.45) is 15.1. The number of allylic oxidation sites excluding steroid dienone is 4. The molecule has 0 saturated heterocycles. The van der Waals surface area contributed by atoms with Gasteiger partial charge in [0.15, 0.2) is 0 Å². The van der Waals surface area contributed by atoms with E-state index in [2.05, 4.69) is 31.9 Å². The Morgan fingerprint density at radius 3 is 2.35 bits per heavy atom. The Labute approximate surface area is 442 Å². The highest BCUT2D eigenvalue weighted by molar-refractivity contribution is 6.12. The van der Waals surface area contributed by atoms with E-state index in [9.17, 15) is 47.9 Å². The molecule has 3 aliphatic heterocycles. The lowest BCUT2D eigenvalue weighted by molar-refractivity contribution is -0.164. The first-order valence-electron chi connectivity index (χ1n) is 26.3. The van der Waals surface area contributed by atoms with Crippen LogP contribution in [0.4, 0.5) is 4.39 Å². The number of cyclic esters (lactones) is 1. The lowest BCUT2D eigenvalue weighted by atomic mass is 9.77. The van der Waals surface area contributed by atoms with Crippen LogP contribution in [-0.2, 0) is 72.2 Å². The smallest absolute Gasteiger partial charge is 0.313 e. The molecule has 6 aliphatic rings. The molecule has 1 unspecified atom stereocenters. The highest BCUT2D eigenvalue weighted by Gasteiger charge is 2.47. The first-order chi connectivity index (χ1) is 37.0. The molecule has 9 rings (SSSR count). The zero-order valence-electron chi connectivity index (χ0n) is 43.0. The molecule has 0 radical (unpaired) electrons. The van der Waals surface area contributed by atoms with Crippen LogP contribution >= 0.6 is 0 Å². The van der Waals surface area contributed by atoms with Crippen LogP contribution in [0.15, 0.2) is 53.4 Å². The Morgan fingerprint density at radius 1 is 0.883 bits per heavy atom. The lowest BCUT2D eigenvalue weighted by Crippen LogP contribution is -2.56. The average molecular weight is 1060 g/mol. The van der Waals surface area contributed by atoms with Gasteiger partial charge in [0.25, 0.3) is 23.3 Å². The summed E-state index contributed by atoms with van der Waals surface area (Å²) in [6, 6.07) is 1.54. The minimum absolute atomic E-state index is 0.112. The van der Waals surface area contributed by atoms with E-state index in [-0.39, 0.29) is 75.0 Å². The largest absolute Gasteiger partial charge is 0.460 e. The summed E-state index contributed by atoms with van der Waals surface area (Å²) in [4.78, 5) is 135. The van der Waals surface area contributed by atoms with Crippen LogP contribution < -0.4 is 37.5 Å². The number of carbonyl (C=O) groups is 9. The second kappa shape index (κ2) is 23.2. The molecule has 0 bridgehead atoms. The predicted octanol–water partition coefficient (Wildman–Crippen LogP) is 2.38. The number of halogens is 1. The molecule has 0 spiro atoms. The van der Waals surface area contributed by atoms with Crippen LogP contribution in [0.3, 0.4) is 0 Å². The molecular formula is C55H62FN9O12. The first kappa shape index (κ1) is 53.9. The normalized spacial score (nSPS) is 19.6. The Bertz CT molecular complexity index is 3110. The van der Waals surface area contributed by atoms with Crippen LogP contribution in [-0.4, -0.2) is 112 Å². The summed E-state index contributed by atoms with van der Waals surface area (Å²) in [7, 11) is 0. The number of hydrogen-bond acceptors (Lipinski definition) is 13. The average Bonchev–Trinajstić information content (AvgIpc) is 4.04. The molecule has 21 nitrogen and oxygen atoms in total. The van der Waals surface area contributed by atoms with E-state index in [1.54, 1.807) is 11.5 Å². The highest BCUT2D eigenvalue weighted by atomic mass is 19.1. The summed E-state index contributed by atoms with van der Waals surface area (Å²) >= 11 is 0. The molecule has 5 heterocycles. The minimum atomic E-state index is -1.29. The number of nitrogens with one attached hydrogen (secondary N) is 6. The molecule has 22 heteroatoms. The molecule has 3 aliphatic carbocycles. The number of hydrogen-bond donors (Lipinski definition) is 6. The molecule has 1 saturated carbocycles. The van der Waals surface area contributed by atoms with Crippen LogP contribution in [0.5, 0.6) is 0 Å². The van der Waals surface area contributed by atoms with Crippen molar-refractivity contribution >= 4 is 64.1 Å². The maximum atomic E-state index is 15.5. The van der Waals surface area contributed by atoms with Crippen molar-refractivity contribution in [3.05, 3.63) is 98.1 Å². The van der Waals surface area contributed by atoms with Gasteiger partial charge in [-0.05, 0) is 105 Å². The molecule has 77 heavy (non-hydrogen) atoms. The molecule has 4 atom stereocenters. The maximum absolute atomic E-state index is 15.5. The van der Waals surface area contributed by atoms with E-state index >= 15 is 4.39 Å². The molecular weight excluding hydrogens is 998 g/mol. The van der Waals surface area contributed by atoms with Gasteiger partial charge in [-0.15, -0.1) is 0 Å². The number of aryl methyl sites for hydroxylation is 1. The summed E-state index contributed by atoms with van der Waals surface area (Å²) in [5.41, 5.74) is 3.52. The SMILES string of the molecule is CC[C@H]1C(=O)OCc2c1cc1n(c2=O)Cc2c-1nc1cc(F)c(C)c3c1c2[C@@H](NC(=O)C1(OCNC(=O)CNC(=O)[C@H](CC2C=CC=CC2)NC(=O)CNC(=O)CNC(=O)CCCCCN2C(=O)C=CC2=O)CCC1)CC3. The Hall–Kier alpha value is -7.88. The number of pyridine rings is 2. The fourth-order valence-corrected chi connectivity index (χ4v) is 11.0. The number of rotatable bonds is 22. The number of ether oxygens (including phenoxy) is 2. The highest BCUT2D eigenvalue weighted by Crippen LogP contribution is 2.46. The molecule has 8 amide bonds. The number of amides is 8. The fourth-order valence-electron chi connectivity index (χ4n) is 11.0. The van der Waals surface area contributed by atoms with E-state index in [1.165, 1.54) is 18.2 Å². The van der Waals surface area contributed by atoms with Gasteiger partial charge in [-0.1, -0.05) is 37.6 Å². The molecule has 6 N–H and O–H groups in total. The van der Waals surface area contributed by atoms with Gasteiger partial charge in [-0.3, -0.25) is 52.8 Å². The van der Waals surface area contributed by atoms with E-state index in [0.717, 1.165) is 27.0 Å². The third-order valence-corrected chi connectivity index (χ3v) is 15.5. The molecule has 406 valence electrons. The van der Waals surface area contributed by atoms with Crippen LogP contribution in [0.1, 0.15) is 123 Å². The lowest BCUT2D eigenvalue weighted by Gasteiger charge is -2.41. The molecule has 3 aromatic rings. The topological polar surface area (TPSA) is 282 Å². The third-order valence-electron chi connectivity index (χ3n) is 15.5. The van der Waals surface area contributed by atoms with Crippen molar-refractivity contribution < 1.29 is 57.0 Å². The van der Waals surface area contributed by atoms with Crippen molar-refractivity contribution in [2.45, 2.75) is 128 Å². The van der Waals surface area contributed by atoms with Gasteiger partial charge in [0, 0.05) is 42.1 Å². The van der Waals surface area contributed by atoms with Gasteiger partial charge >= 0.3 is 5.97 Å². The number of fused-ring (bicyclic) bond motifs is 5. The first-order valence-corrected chi connectivity index (χ1v) is 26.3. The van der Waals surface area contributed by atoms with E-state index < -0.39 is 78.0 Å². The Balaban J connectivity index is 0.770. The third kappa shape index (κ3) is 11.5. The Kier molecular flexibility index (Phi) is 16.2. The van der Waals surface area contributed by atoms with Gasteiger partial charge in [-0.25, -0.2) is 9.37 Å².